The van der Waals surface area contributed by atoms with Crippen molar-refractivity contribution >= 4 is 11.2 Å². The maximum absolute atomic E-state index is 13.1. The lowest BCUT2D eigenvalue weighted by atomic mass is 9.52. The molecule has 2 N–H and O–H groups in total. The first-order valence-electron chi connectivity index (χ1n) is 11.8. The van der Waals surface area contributed by atoms with E-state index in [0.29, 0.717) is 30.0 Å². The van der Waals surface area contributed by atoms with Crippen LogP contribution in [0.15, 0.2) is 20.2 Å². The van der Waals surface area contributed by atoms with Crippen molar-refractivity contribution in [3.05, 3.63) is 44.2 Å². The van der Waals surface area contributed by atoms with E-state index >= 15 is 0 Å². The summed E-state index contributed by atoms with van der Waals surface area (Å²) in [4.78, 5) is 34.3. The number of aliphatic hydroxyl groups excluding tert-OH is 1. The Bertz CT molecular complexity index is 1240. The largest absolute Gasteiger partial charge is 0.388 e. The van der Waals surface area contributed by atoms with Gasteiger partial charge in [0.25, 0.3) is 5.56 Å². The van der Waals surface area contributed by atoms with E-state index < -0.39 is 0 Å². The van der Waals surface area contributed by atoms with Gasteiger partial charge in [-0.25, -0.2) is 9.78 Å². The second-order valence-corrected chi connectivity index (χ2v) is 9.57. The van der Waals surface area contributed by atoms with Gasteiger partial charge in [-0.2, -0.15) is 0 Å². The number of H-pyrrole nitrogens is 1. The Kier molecular flexibility index (Phi) is 5.11. The van der Waals surface area contributed by atoms with Crippen LogP contribution in [-0.2, 0) is 30.5 Å². The number of hydrogen-bond donors (Lipinski definition) is 2. The predicted octanol–water partition coefficient (Wildman–Crippen LogP) is 2.73. The van der Waals surface area contributed by atoms with E-state index in [4.69, 9.17) is 9.51 Å². The summed E-state index contributed by atoms with van der Waals surface area (Å²) in [5.74, 6) is 1.35. The van der Waals surface area contributed by atoms with Gasteiger partial charge in [-0.3, -0.25) is 13.9 Å². The Labute approximate surface area is 185 Å². The zero-order chi connectivity index (χ0) is 22.5. The zero-order valence-electron chi connectivity index (χ0n) is 18.8. The van der Waals surface area contributed by atoms with Crippen molar-refractivity contribution in [2.75, 3.05) is 0 Å². The summed E-state index contributed by atoms with van der Waals surface area (Å²) in [5, 5.41) is 13.6. The summed E-state index contributed by atoms with van der Waals surface area (Å²) in [6, 6.07) is 1.89. The number of aromatic amines is 1. The molecule has 3 fully saturated rings. The third-order valence-electron chi connectivity index (χ3n) is 7.76. The van der Waals surface area contributed by atoms with Crippen LogP contribution in [0.4, 0.5) is 0 Å². The van der Waals surface area contributed by atoms with Crippen LogP contribution in [0.2, 0.25) is 0 Å². The SMILES string of the molecule is CCCn1c(=O)c2[nH]c(C34CCC(c5cc(CO)on5)(CC3)CC4)nc2n(CCC)c1=O. The molecule has 3 aromatic rings. The van der Waals surface area contributed by atoms with Gasteiger partial charge in [0, 0.05) is 30.0 Å². The first-order chi connectivity index (χ1) is 15.5. The molecule has 3 aromatic heterocycles. The highest BCUT2D eigenvalue weighted by Gasteiger charge is 2.52. The zero-order valence-corrected chi connectivity index (χ0v) is 18.8. The second-order valence-electron chi connectivity index (χ2n) is 9.57. The van der Waals surface area contributed by atoms with Crippen LogP contribution < -0.4 is 11.2 Å². The van der Waals surface area contributed by atoms with Gasteiger partial charge in [0.2, 0.25) is 0 Å². The molecule has 172 valence electrons. The van der Waals surface area contributed by atoms with Crippen LogP contribution in [0.1, 0.15) is 82.5 Å². The Morgan fingerprint density at radius 3 is 2.25 bits per heavy atom. The molecule has 0 spiro atoms. The van der Waals surface area contributed by atoms with Crippen molar-refractivity contribution in [3.63, 3.8) is 0 Å². The average molecular weight is 442 g/mol. The first-order valence-corrected chi connectivity index (χ1v) is 11.8. The molecule has 0 aromatic carbocycles. The van der Waals surface area contributed by atoms with Crippen LogP contribution in [0.3, 0.4) is 0 Å². The number of imidazole rings is 1. The lowest BCUT2D eigenvalue weighted by molar-refractivity contribution is 0.0904. The lowest BCUT2D eigenvalue weighted by Gasteiger charge is -2.51. The van der Waals surface area contributed by atoms with E-state index in [1.807, 2.05) is 19.9 Å². The van der Waals surface area contributed by atoms with Crippen LogP contribution in [0, 0.1) is 0 Å². The molecule has 32 heavy (non-hydrogen) atoms. The van der Waals surface area contributed by atoms with Gasteiger partial charge in [-0.15, -0.1) is 0 Å². The van der Waals surface area contributed by atoms with Gasteiger partial charge in [-0.05, 0) is 51.4 Å². The van der Waals surface area contributed by atoms with Crippen molar-refractivity contribution in [1.82, 2.24) is 24.3 Å². The van der Waals surface area contributed by atoms with Crippen molar-refractivity contribution < 1.29 is 9.63 Å². The predicted molar refractivity (Wildman–Crippen MR) is 119 cm³/mol. The minimum absolute atomic E-state index is 0.0111. The van der Waals surface area contributed by atoms with Crippen LogP contribution in [-0.4, -0.2) is 29.4 Å². The minimum atomic E-state index is -0.269. The van der Waals surface area contributed by atoms with E-state index in [9.17, 15) is 14.7 Å². The van der Waals surface area contributed by atoms with Crippen molar-refractivity contribution in [1.29, 1.82) is 0 Å². The van der Waals surface area contributed by atoms with Gasteiger partial charge < -0.3 is 14.6 Å². The molecule has 0 saturated heterocycles. The van der Waals surface area contributed by atoms with Gasteiger partial charge >= 0.3 is 5.69 Å². The van der Waals surface area contributed by atoms with E-state index in [1.54, 1.807) is 4.57 Å². The van der Waals surface area contributed by atoms with E-state index in [-0.39, 0.29) is 28.7 Å². The average Bonchev–Trinajstić information content (AvgIpc) is 3.49. The molecule has 0 amide bonds. The molecular weight excluding hydrogens is 410 g/mol. The van der Waals surface area contributed by atoms with Crippen LogP contribution in [0.5, 0.6) is 0 Å². The van der Waals surface area contributed by atoms with Gasteiger partial charge in [-0.1, -0.05) is 19.0 Å². The topological polar surface area (TPSA) is 119 Å². The Morgan fingerprint density at radius 2 is 1.66 bits per heavy atom. The first kappa shape index (κ1) is 21.2. The Morgan fingerprint density at radius 1 is 1.03 bits per heavy atom. The molecule has 6 rings (SSSR count). The number of hydrogen-bond acceptors (Lipinski definition) is 6. The Hall–Kier alpha value is -2.68. The molecule has 2 bridgehead atoms. The summed E-state index contributed by atoms with van der Waals surface area (Å²) in [6.07, 6.45) is 7.22. The highest BCUT2D eigenvalue weighted by atomic mass is 16.5. The maximum atomic E-state index is 13.1. The van der Waals surface area contributed by atoms with E-state index in [2.05, 4.69) is 10.1 Å². The number of aryl methyl sites for hydroxylation is 1. The molecule has 0 unspecified atom stereocenters. The highest BCUT2D eigenvalue weighted by molar-refractivity contribution is 5.70. The molecule has 9 heteroatoms. The molecule has 3 heterocycles. The summed E-state index contributed by atoms with van der Waals surface area (Å²) in [6.45, 7) is 4.80. The second kappa shape index (κ2) is 7.72. The third kappa shape index (κ3) is 3.01. The van der Waals surface area contributed by atoms with Gasteiger partial charge in [0.1, 0.15) is 17.9 Å². The summed E-state index contributed by atoms with van der Waals surface area (Å²) < 4.78 is 8.26. The van der Waals surface area contributed by atoms with Gasteiger partial charge in [0.05, 0.1) is 5.69 Å². The number of fused-ring (bicyclic) bond motifs is 4. The standard InChI is InChI=1S/C23H31N5O4/c1-3-11-27-18-17(19(30)28(12-4-2)21(27)31)24-20(25-18)23-8-5-22(6-9-23,7-10-23)16-13-15(14-29)32-26-16/h13,29H,3-12,14H2,1-2H3,(H,24,25). The van der Waals surface area contributed by atoms with E-state index in [1.165, 1.54) is 4.57 Å². The highest BCUT2D eigenvalue weighted by Crippen LogP contribution is 2.57. The minimum Gasteiger partial charge on any atom is -0.388 e. The number of nitrogens with one attached hydrogen (secondary N) is 1. The van der Waals surface area contributed by atoms with Crippen molar-refractivity contribution in [2.24, 2.45) is 0 Å². The fourth-order valence-corrected chi connectivity index (χ4v) is 5.83. The van der Waals surface area contributed by atoms with Crippen molar-refractivity contribution in [2.45, 2.75) is 95.7 Å². The Balaban J connectivity index is 1.54. The summed E-state index contributed by atoms with van der Waals surface area (Å²) in [7, 11) is 0. The fourth-order valence-electron chi connectivity index (χ4n) is 5.83. The molecule has 9 nitrogen and oxygen atoms in total. The van der Waals surface area contributed by atoms with Crippen molar-refractivity contribution in [3.8, 4) is 0 Å². The summed E-state index contributed by atoms with van der Waals surface area (Å²) in [5.41, 5.74) is 1.22. The number of rotatable bonds is 7. The quantitative estimate of drug-likeness (QED) is 0.582. The fraction of sp³-hybridized carbons (Fsp3) is 0.652. The smallest absolute Gasteiger partial charge is 0.332 e. The van der Waals surface area contributed by atoms with E-state index in [0.717, 1.165) is 62.9 Å². The van der Waals surface area contributed by atoms with Crippen LogP contribution >= 0.6 is 0 Å². The summed E-state index contributed by atoms with van der Waals surface area (Å²) >= 11 is 0. The molecule has 3 aliphatic rings. The molecule has 0 aliphatic heterocycles. The van der Waals surface area contributed by atoms with Crippen LogP contribution in [0.25, 0.3) is 11.2 Å². The molecule has 3 saturated carbocycles. The number of nitrogens with zero attached hydrogens (tertiary/aromatic N) is 4. The monoisotopic (exact) mass is 441 g/mol. The maximum Gasteiger partial charge on any atom is 0.332 e. The molecular formula is C23H31N5O4. The number of aromatic nitrogens is 5. The normalized spacial score (nSPS) is 25.1. The molecule has 3 aliphatic carbocycles. The lowest BCUT2D eigenvalue weighted by Crippen LogP contribution is -2.47. The number of aliphatic hydroxyl groups is 1. The third-order valence-corrected chi connectivity index (χ3v) is 7.76. The molecule has 0 radical (unpaired) electrons. The molecule has 0 atom stereocenters. The van der Waals surface area contributed by atoms with Gasteiger partial charge in [0.15, 0.2) is 11.4 Å².